The normalized spacial score (nSPS) is 11.5. The summed E-state index contributed by atoms with van der Waals surface area (Å²) in [5.74, 6) is 0.454. The van der Waals surface area contributed by atoms with Crippen molar-refractivity contribution >= 4 is 81.2 Å². The van der Waals surface area contributed by atoms with Crippen LogP contribution in [0.5, 0.6) is 11.5 Å². The Bertz CT molecular complexity index is 1340. The van der Waals surface area contributed by atoms with E-state index in [-0.39, 0.29) is 21.5 Å². The lowest BCUT2D eigenvalue weighted by molar-refractivity contribution is 0.474. The second kappa shape index (κ2) is 10.3. The molecule has 3 aromatic carbocycles. The van der Waals surface area contributed by atoms with Crippen LogP contribution in [0.3, 0.4) is 0 Å². The van der Waals surface area contributed by atoms with Gasteiger partial charge in [0.15, 0.2) is 11.6 Å². The van der Waals surface area contributed by atoms with Gasteiger partial charge in [-0.3, -0.25) is 10.9 Å². The van der Waals surface area contributed by atoms with Crippen LogP contribution in [0.1, 0.15) is 11.1 Å². The molecule has 0 atom stereocenters. The van der Waals surface area contributed by atoms with E-state index in [1.807, 2.05) is 24.3 Å². The molecule has 34 heavy (non-hydrogen) atoms. The highest BCUT2D eigenvalue weighted by atomic mass is 35.5. The number of fused-ring (bicyclic) bond motifs is 1. The van der Waals surface area contributed by atoms with E-state index in [0.717, 1.165) is 0 Å². The van der Waals surface area contributed by atoms with Crippen LogP contribution in [0.4, 0.5) is 11.6 Å². The third-order valence-corrected chi connectivity index (χ3v) is 5.56. The molecular weight excluding hydrogens is 522 g/mol. The summed E-state index contributed by atoms with van der Waals surface area (Å²) in [5, 5.41) is 39.0. The quantitative estimate of drug-likeness (QED) is 0.164. The molecule has 0 aliphatic heterocycles. The summed E-state index contributed by atoms with van der Waals surface area (Å²) >= 11 is 23.8. The highest BCUT2D eigenvalue weighted by Crippen LogP contribution is 2.31. The van der Waals surface area contributed by atoms with E-state index in [1.165, 1.54) is 36.7 Å². The number of hydrogen-bond donors (Lipinski definition) is 4. The summed E-state index contributed by atoms with van der Waals surface area (Å²) in [6, 6.07) is 13.2. The number of rotatable bonds is 6. The van der Waals surface area contributed by atoms with Crippen LogP contribution < -0.4 is 10.9 Å². The molecule has 4 aromatic rings. The van der Waals surface area contributed by atoms with Crippen molar-refractivity contribution in [3.05, 3.63) is 79.7 Å². The van der Waals surface area contributed by atoms with E-state index in [0.29, 0.717) is 43.6 Å². The fourth-order valence-electron chi connectivity index (χ4n) is 2.96. The minimum absolute atomic E-state index is 0.114. The molecule has 172 valence electrons. The Kier molecular flexibility index (Phi) is 7.23. The molecule has 0 unspecified atom stereocenters. The second-order valence-electron chi connectivity index (χ2n) is 6.83. The number of nitrogens with one attached hydrogen (secondary N) is 2. The van der Waals surface area contributed by atoms with Crippen LogP contribution in [0, 0.1) is 0 Å². The second-order valence-corrected chi connectivity index (χ2v) is 8.52. The van der Waals surface area contributed by atoms with E-state index < -0.39 is 0 Å². The lowest BCUT2D eigenvalue weighted by atomic mass is 10.2. The van der Waals surface area contributed by atoms with Gasteiger partial charge in [0, 0.05) is 31.9 Å². The van der Waals surface area contributed by atoms with Crippen LogP contribution in [0.25, 0.3) is 10.8 Å². The average Bonchev–Trinajstić information content (AvgIpc) is 2.81. The topological polar surface area (TPSA) is 115 Å². The Morgan fingerprint density at radius 3 is 1.50 bits per heavy atom. The molecule has 1 heterocycles. The Morgan fingerprint density at radius 1 is 0.676 bits per heavy atom. The van der Waals surface area contributed by atoms with Gasteiger partial charge < -0.3 is 10.2 Å². The molecule has 4 rings (SSSR count). The van der Waals surface area contributed by atoms with E-state index in [4.69, 9.17) is 46.4 Å². The molecule has 0 spiro atoms. The summed E-state index contributed by atoms with van der Waals surface area (Å²) in [5.41, 5.74) is 6.27. The number of anilines is 2. The molecule has 0 radical (unpaired) electrons. The van der Waals surface area contributed by atoms with Crippen molar-refractivity contribution in [1.82, 2.24) is 10.2 Å². The monoisotopic (exact) mass is 534 g/mol. The average molecular weight is 536 g/mol. The highest BCUT2D eigenvalue weighted by Gasteiger charge is 2.10. The Morgan fingerprint density at radius 2 is 1.09 bits per heavy atom. The first-order valence-electron chi connectivity index (χ1n) is 9.53. The molecule has 0 amide bonds. The predicted molar refractivity (Wildman–Crippen MR) is 138 cm³/mol. The summed E-state index contributed by atoms with van der Waals surface area (Å²) in [4.78, 5) is 0. The van der Waals surface area contributed by atoms with Crippen LogP contribution in [-0.4, -0.2) is 32.8 Å². The third kappa shape index (κ3) is 5.26. The SMILES string of the molecule is Oc1c(Cl)cc(Cl)cc1/C=N/Nc1nnc(N/N=C/c2cc(Cl)cc(Cl)c2O)c2ccccc12. The standard InChI is InChI=1S/C22H14Cl4N6O2/c23-13-5-11(19(33)17(25)7-13)9-27-29-21-15-3-1-2-4-16(15)22(32-31-21)30-28-10-12-6-14(24)8-18(26)20(12)34/h1-10,33-34H,(H,29,31)(H,30,32)/b27-9+,28-10+. The fourth-order valence-corrected chi connectivity index (χ4v) is 3.98. The first-order valence-corrected chi connectivity index (χ1v) is 11.0. The lowest BCUT2D eigenvalue weighted by Crippen LogP contribution is -2.01. The number of aromatic nitrogens is 2. The van der Waals surface area contributed by atoms with E-state index in [9.17, 15) is 10.2 Å². The van der Waals surface area contributed by atoms with Crippen molar-refractivity contribution in [3.8, 4) is 11.5 Å². The molecule has 8 nitrogen and oxygen atoms in total. The number of phenolic OH excluding ortho intramolecular Hbond substituents is 2. The molecule has 0 saturated carbocycles. The fraction of sp³-hybridized carbons (Fsp3) is 0. The molecule has 0 bridgehead atoms. The zero-order valence-corrected chi connectivity index (χ0v) is 20.0. The molecule has 1 aromatic heterocycles. The van der Waals surface area contributed by atoms with Crippen LogP contribution in [0.2, 0.25) is 20.1 Å². The smallest absolute Gasteiger partial charge is 0.176 e. The molecular formula is C22H14Cl4N6O2. The van der Waals surface area contributed by atoms with Gasteiger partial charge in [0.2, 0.25) is 0 Å². The minimum atomic E-state index is -0.142. The molecule has 0 aliphatic rings. The van der Waals surface area contributed by atoms with Crippen LogP contribution in [-0.2, 0) is 0 Å². The lowest BCUT2D eigenvalue weighted by Gasteiger charge is -2.08. The van der Waals surface area contributed by atoms with Gasteiger partial charge in [0.05, 0.1) is 22.5 Å². The predicted octanol–water partition coefficient (Wildman–Crippen LogP) is 6.55. The first-order chi connectivity index (χ1) is 16.3. The van der Waals surface area contributed by atoms with E-state index >= 15 is 0 Å². The Hall–Kier alpha value is -3.30. The van der Waals surface area contributed by atoms with Crippen LogP contribution in [0.15, 0.2) is 58.7 Å². The molecule has 4 N–H and O–H groups in total. The summed E-state index contributed by atoms with van der Waals surface area (Å²) in [6.07, 6.45) is 2.73. The summed E-state index contributed by atoms with van der Waals surface area (Å²) in [7, 11) is 0. The van der Waals surface area contributed by atoms with Crippen molar-refractivity contribution in [2.45, 2.75) is 0 Å². The van der Waals surface area contributed by atoms with E-state index in [1.54, 1.807) is 0 Å². The van der Waals surface area contributed by atoms with Gasteiger partial charge in [-0.2, -0.15) is 10.2 Å². The number of phenols is 2. The first kappa shape index (κ1) is 23.8. The molecule has 0 saturated heterocycles. The van der Waals surface area contributed by atoms with Crippen molar-refractivity contribution in [2.24, 2.45) is 10.2 Å². The Labute approximate surface area is 213 Å². The number of nitrogens with zero attached hydrogens (tertiary/aromatic N) is 4. The molecule has 0 aliphatic carbocycles. The van der Waals surface area contributed by atoms with Crippen molar-refractivity contribution in [3.63, 3.8) is 0 Å². The van der Waals surface area contributed by atoms with Gasteiger partial charge in [-0.05, 0) is 24.3 Å². The van der Waals surface area contributed by atoms with Crippen molar-refractivity contribution < 1.29 is 10.2 Å². The van der Waals surface area contributed by atoms with Crippen molar-refractivity contribution in [2.75, 3.05) is 10.9 Å². The van der Waals surface area contributed by atoms with E-state index in [2.05, 4.69) is 31.3 Å². The van der Waals surface area contributed by atoms with Crippen molar-refractivity contribution in [1.29, 1.82) is 0 Å². The molecule has 0 fully saturated rings. The molecule has 12 heteroatoms. The number of benzene rings is 3. The summed E-state index contributed by atoms with van der Waals surface area (Å²) < 4.78 is 0. The number of hydrogen-bond acceptors (Lipinski definition) is 8. The third-order valence-electron chi connectivity index (χ3n) is 4.55. The maximum absolute atomic E-state index is 10.1. The van der Waals surface area contributed by atoms with Gasteiger partial charge in [-0.25, -0.2) is 0 Å². The maximum atomic E-state index is 10.1. The summed E-state index contributed by atoms with van der Waals surface area (Å²) in [6.45, 7) is 0. The van der Waals surface area contributed by atoms with Gasteiger partial charge in [0.25, 0.3) is 0 Å². The van der Waals surface area contributed by atoms with Gasteiger partial charge in [0.1, 0.15) is 11.5 Å². The highest BCUT2D eigenvalue weighted by molar-refractivity contribution is 6.36. The zero-order chi connectivity index (χ0) is 24.2. The van der Waals surface area contributed by atoms with Crippen LogP contribution >= 0.6 is 46.4 Å². The van der Waals surface area contributed by atoms with Gasteiger partial charge in [-0.15, -0.1) is 10.2 Å². The number of hydrazone groups is 2. The minimum Gasteiger partial charge on any atom is -0.506 e. The Balaban J connectivity index is 1.57. The number of aromatic hydroxyl groups is 2. The van der Waals surface area contributed by atoms with Gasteiger partial charge in [-0.1, -0.05) is 70.7 Å². The largest absolute Gasteiger partial charge is 0.506 e. The number of halogens is 4. The van der Waals surface area contributed by atoms with Gasteiger partial charge >= 0.3 is 0 Å². The maximum Gasteiger partial charge on any atom is 0.176 e. The zero-order valence-electron chi connectivity index (χ0n) is 17.0.